The third-order valence-corrected chi connectivity index (χ3v) is 3.03. The van der Waals surface area contributed by atoms with Crippen LogP contribution in [0.1, 0.15) is 23.2 Å². The molecule has 0 saturated carbocycles. The molecule has 20 heavy (non-hydrogen) atoms. The Kier molecular flexibility index (Phi) is 6.41. The molecule has 1 aromatic carbocycles. The van der Waals surface area contributed by atoms with Crippen LogP contribution in [0.3, 0.4) is 0 Å². The summed E-state index contributed by atoms with van der Waals surface area (Å²) in [6.45, 7) is 1.54. The van der Waals surface area contributed by atoms with Crippen LogP contribution in [-0.2, 0) is 0 Å². The number of nitro benzene ring substituents is 1. The van der Waals surface area contributed by atoms with Gasteiger partial charge in [0.2, 0.25) is 0 Å². The fourth-order valence-electron chi connectivity index (χ4n) is 1.65. The first-order chi connectivity index (χ1) is 9.41. The average molecular weight is 300 g/mol. The third-order valence-electron chi connectivity index (χ3n) is 2.72. The third kappa shape index (κ3) is 5.14. The molecule has 1 amide bonds. The van der Waals surface area contributed by atoms with E-state index in [4.69, 9.17) is 11.6 Å². The standard InChI is InChI=1S/C13H18ClN3O3/c1-16(2)8-4-3-7-15-13(18)10-5-6-12(17(19)20)11(14)9-10/h5-6,9H,3-4,7-8H2,1-2H3,(H,15,18). The normalized spacial score (nSPS) is 10.6. The Labute approximate surface area is 122 Å². The molecule has 0 aliphatic rings. The Morgan fingerprint density at radius 3 is 2.65 bits per heavy atom. The van der Waals surface area contributed by atoms with Gasteiger partial charge >= 0.3 is 0 Å². The van der Waals surface area contributed by atoms with E-state index in [1.807, 2.05) is 14.1 Å². The van der Waals surface area contributed by atoms with Gasteiger partial charge in [0.05, 0.1) is 4.92 Å². The molecule has 110 valence electrons. The van der Waals surface area contributed by atoms with Gasteiger partial charge < -0.3 is 10.2 Å². The highest BCUT2D eigenvalue weighted by Crippen LogP contribution is 2.24. The number of rotatable bonds is 7. The van der Waals surface area contributed by atoms with Crippen molar-refractivity contribution in [3.63, 3.8) is 0 Å². The van der Waals surface area contributed by atoms with Crippen molar-refractivity contribution in [3.05, 3.63) is 38.9 Å². The number of unbranched alkanes of at least 4 members (excludes halogenated alkanes) is 1. The smallest absolute Gasteiger partial charge is 0.287 e. The number of nitro groups is 1. The summed E-state index contributed by atoms with van der Waals surface area (Å²) in [5.74, 6) is -0.272. The summed E-state index contributed by atoms with van der Waals surface area (Å²) >= 11 is 5.76. The summed E-state index contributed by atoms with van der Waals surface area (Å²) in [6, 6.07) is 3.96. The lowest BCUT2D eigenvalue weighted by atomic mass is 10.2. The van der Waals surface area contributed by atoms with Gasteiger partial charge in [-0.25, -0.2) is 0 Å². The van der Waals surface area contributed by atoms with E-state index in [1.54, 1.807) is 0 Å². The minimum Gasteiger partial charge on any atom is -0.352 e. The minimum atomic E-state index is -0.578. The maximum absolute atomic E-state index is 11.8. The summed E-state index contributed by atoms with van der Waals surface area (Å²) in [5, 5.41) is 13.3. The zero-order valence-corrected chi connectivity index (χ0v) is 12.3. The molecule has 0 bridgehead atoms. The number of hydrogen-bond donors (Lipinski definition) is 1. The molecular weight excluding hydrogens is 282 g/mol. The molecule has 0 spiro atoms. The second kappa shape index (κ2) is 7.81. The molecular formula is C13H18ClN3O3. The summed E-state index contributed by atoms with van der Waals surface area (Å²) < 4.78 is 0. The van der Waals surface area contributed by atoms with E-state index in [9.17, 15) is 14.9 Å². The van der Waals surface area contributed by atoms with Crippen LogP contribution < -0.4 is 5.32 Å². The first-order valence-corrected chi connectivity index (χ1v) is 6.66. The van der Waals surface area contributed by atoms with Gasteiger partial charge in [0.15, 0.2) is 0 Å². The average Bonchev–Trinajstić information content (AvgIpc) is 2.37. The molecule has 6 nitrogen and oxygen atoms in total. The van der Waals surface area contributed by atoms with Crippen molar-refractivity contribution in [1.82, 2.24) is 10.2 Å². The molecule has 0 aromatic heterocycles. The maximum Gasteiger partial charge on any atom is 0.287 e. The predicted octanol–water partition coefficient (Wildman–Crippen LogP) is 2.32. The number of benzene rings is 1. The van der Waals surface area contributed by atoms with Crippen LogP contribution in [0.5, 0.6) is 0 Å². The van der Waals surface area contributed by atoms with Crippen molar-refractivity contribution in [1.29, 1.82) is 0 Å². The Bertz CT molecular complexity index is 492. The molecule has 0 unspecified atom stereocenters. The van der Waals surface area contributed by atoms with Gasteiger partial charge in [-0.15, -0.1) is 0 Å². The van der Waals surface area contributed by atoms with Gasteiger partial charge in [-0.05, 0) is 45.6 Å². The molecule has 0 aliphatic carbocycles. The quantitative estimate of drug-likeness (QED) is 0.476. The van der Waals surface area contributed by atoms with Crippen LogP contribution in [0, 0.1) is 10.1 Å². The fraction of sp³-hybridized carbons (Fsp3) is 0.462. The van der Waals surface area contributed by atoms with Crippen LogP contribution in [0.25, 0.3) is 0 Å². The van der Waals surface area contributed by atoms with Crippen molar-refractivity contribution < 1.29 is 9.72 Å². The van der Waals surface area contributed by atoms with Crippen LogP contribution >= 0.6 is 11.6 Å². The molecule has 1 aromatic rings. The lowest BCUT2D eigenvalue weighted by Crippen LogP contribution is -2.25. The van der Waals surface area contributed by atoms with Crippen molar-refractivity contribution in [2.75, 3.05) is 27.2 Å². The monoisotopic (exact) mass is 299 g/mol. The van der Waals surface area contributed by atoms with Gasteiger partial charge in [-0.2, -0.15) is 0 Å². The SMILES string of the molecule is CN(C)CCCCNC(=O)c1ccc([N+](=O)[O-])c(Cl)c1. The number of halogens is 1. The number of nitrogens with one attached hydrogen (secondary N) is 1. The molecule has 1 N–H and O–H groups in total. The second-order valence-electron chi connectivity index (χ2n) is 4.69. The van der Waals surface area contributed by atoms with Gasteiger partial charge in [0.1, 0.15) is 5.02 Å². The minimum absolute atomic E-state index is 0.0322. The predicted molar refractivity (Wildman–Crippen MR) is 78.2 cm³/mol. The maximum atomic E-state index is 11.8. The van der Waals surface area contributed by atoms with E-state index in [0.717, 1.165) is 19.4 Å². The summed E-state index contributed by atoms with van der Waals surface area (Å²) in [4.78, 5) is 23.9. The first-order valence-electron chi connectivity index (χ1n) is 6.28. The molecule has 1 rings (SSSR count). The van der Waals surface area contributed by atoms with Gasteiger partial charge in [-0.1, -0.05) is 11.6 Å². The van der Waals surface area contributed by atoms with E-state index in [1.165, 1.54) is 18.2 Å². The molecule has 0 atom stereocenters. The fourth-order valence-corrected chi connectivity index (χ4v) is 1.90. The molecule has 0 radical (unpaired) electrons. The lowest BCUT2D eigenvalue weighted by molar-refractivity contribution is -0.384. The van der Waals surface area contributed by atoms with Crippen molar-refractivity contribution in [2.24, 2.45) is 0 Å². The molecule has 0 heterocycles. The van der Waals surface area contributed by atoms with Crippen molar-refractivity contribution >= 4 is 23.2 Å². The number of carbonyl (C=O) groups excluding carboxylic acids is 1. The highest BCUT2D eigenvalue weighted by atomic mass is 35.5. The van der Waals surface area contributed by atoms with Crippen molar-refractivity contribution in [2.45, 2.75) is 12.8 Å². The highest BCUT2D eigenvalue weighted by Gasteiger charge is 2.14. The van der Waals surface area contributed by atoms with Crippen LogP contribution in [0.2, 0.25) is 5.02 Å². The zero-order chi connectivity index (χ0) is 15.1. The van der Waals surface area contributed by atoms with Crippen LogP contribution in [-0.4, -0.2) is 42.9 Å². The lowest BCUT2D eigenvalue weighted by Gasteiger charge is -2.09. The Morgan fingerprint density at radius 1 is 1.40 bits per heavy atom. The van der Waals surface area contributed by atoms with E-state index in [0.29, 0.717) is 12.1 Å². The number of nitrogens with zero attached hydrogens (tertiary/aromatic N) is 2. The van der Waals surface area contributed by atoms with Gasteiger partial charge in [-0.3, -0.25) is 14.9 Å². The number of carbonyl (C=O) groups is 1. The number of hydrogen-bond acceptors (Lipinski definition) is 4. The second-order valence-corrected chi connectivity index (χ2v) is 5.10. The highest BCUT2D eigenvalue weighted by molar-refractivity contribution is 6.33. The van der Waals surface area contributed by atoms with Gasteiger partial charge in [0.25, 0.3) is 11.6 Å². The van der Waals surface area contributed by atoms with E-state index in [2.05, 4.69) is 10.2 Å². The van der Waals surface area contributed by atoms with Gasteiger partial charge in [0, 0.05) is 18.2 Å². The Hall–Kier alpha value is -1.66. The summed E-state index contributed by atoms with van der Waals surface area (Å²) in [6.07, 6.45) is 1.87. The first kappa shape index (κ1) is 16.4. The summed E-state index contributed by atoms with van der Waals surface area (Å²) in [7, 11) is 3.99. The van der Waals surface area contributed by atoms with E-state index < -0.39 is 4.92 Å². The Morgan fingerprint density at radius 2 is 2.10 bits per heavy atom. The molecule has 0 saturated heterocycles. The van der Waals surface area contributed by atoms with E-state index >= 15 is 0 Å². The van der Waals surface area contributed by atoms with Crippen LogP contribution in [0.15, 0.2) is 18.2 Å². The number of amides is 1. The molecule has 7 heteroatoms. The molecule has 0 aliphatic heterocycles. The summed E-state index contributed by atoms with van der Waals surface area (Å²) in [5.41, 5.74) is 0.127. The van der Waals surface area contributed by atoms with E-state index in [-0.39, 0.29) is 16.6 Å². The van der Waals surface area contributed by atoms with Crippen LogP contribution in [0.4, 0.5) is 5.69 Å². The Balaban J connectivity index is 2.48. The zero-order valence-electron chi connectivity index (χ0n) is 11.6. The largest absolute Gasteiger partial charge is 0.352 e. The topological polar surface area (TPSA) is 75.5 Å². The van der Waals surface area contributed by atoms with Crippen molar-refractivity contribution in [3.8, 4) is 0 Å². The molecule has 0 fully saturated rings.